The van der Waals surface area contributed by atoms with Crippen molar-refractivity contribution in [3.63, 3.8) is 0 Å². The van der Waals surface area contributed by atoms with Gasteiger partial charge >= 0.3 is 5.97 Å². The van der Waals surface area contributed by atoms with E-state index in [1.165, 1.54) is 18.3 Å². The van der Waals surface area contributed by atoms with Gasteiger partial charge in [0.05, 0.1) is 29.7 Å². The number of benzene rings is 1. The van der Waals surface area contributed by atoms with Crippen LogP contribution in [0, 0.1) is 17.1 Å². The molecule has 1 aromatic carbocycles. The van der Waals surface area contributed by atoms with Gasteiger partial charge in [-0.2, -0.15) is 5.26 Å². The molecule has 1 unspecified atom stereocenters. The fourth-order valence-corrected chi connectivity index (χ4v) is 2.63. The predicted molar refractivity (Wildman–Crippen MR) is 80.3 cm³/mol. The smallest absolute Gasteiger partial charge is 0.336 e. The molecule has 1 heterocycles. The Morgan fingerprint density at radius 2 is 2.27 bits per heavy atom. The number of carbonyl (C=O) groups is 1. The molecule has 0 saturated heterocycles. The van der Waals surface area contributed by atoms with Crippen LogP contribution in [-0.4, -0.2) is 12.6 Å². The first-order valence-electron chi connectivity index (χ1n) is 6.69. The third kappa shape index (κ3) is 2.97. The molecule has 0 bridgehead atoms. The molecule has 1 N–H and O–H groups in total. The van der Waals surface area contributed by atoms with E-state index in [9.17, 15) is 14.4 Å². The lowest BCUT2D eigenvalue weighted by Crippen LogP contribution is -2.26. The van der Waals surface area contributed by atoms with E-state index in [-0.39, 0.29) is 11.6 Å². The second-order valence-electron chi connectivity index (χ2n) is 4.71. The molecule has 114 valence electrons. The average molecular weight is 321 g/mol. The zero-order chi connectivity index (χ0) is 16.3. The number of halogens is 2. The average Bonchev–Trinajstić information content (AvgIpc) is 2.47. The van der Waals surface area contributed by atoms with Crippen molar-refractivity contribution in [2.24, 2.45) is 0 Å². The topological polar surface area (TPSA) is 62.1 Å². The van der Waals surface area contributed by atoms with Gasteiger partial charge in [-0.05, 0) is 31.5 Å². The van der Waals surface area contributed by atoms with Crippen LogP contribution in [0.25, 0.3) is 0 Å². The fourth-order valence-electron chi connectivity index (χ4n) is 2.35. The highest BCUT2D eigenvalue weighted by atomic mass is 35.5. The van der Waals surface area contributed by atoms with Gasteiger partial charge in [0.2, 0.25) is 0 Å². The third-order valence-corrected chi connectivity index (χ3v) is 3.67. The molecule has 4 nitrogen and oxygen atoms in total. The van der Waals surface area contributed by atoms with Crippen LogP contribution in [0.2, 0.25) is 5.02 Å². The minimum absolute atomic E-state index is 0.155. The molecule has 0 saturated carbocycles. The Kier molecular flexibility index (Phi) is 4.84. The first-order chi connectivity index (χ1) is 10.5. The van der Waals surface area contributed by atoms with Crippen LogP contribution in [0.5, 0.6) is 0 Å². The highest BCUT2D eigenvalue weighted by molar-refractivity contribution is 6.31. The zero-order valence-corrected chi connectivity index (χ0v) is 12.9. The second kappa shape index (κ2) is 6.63. The number of hydrogen-bond acceptors (Lipinski definition) is 4. The van der Waals surface area contributed by atoms with E-state index < -0.39 is 17.7 Å². The van der Waals surface area contributed by atoms with Crippen LogP contribution in [0.4, 0.5) is 4.39 Å². The van der Waals surface area contributed by atoms with Crippen molar-refractivity contribution in [3.8, 4) is 6.07 Å². The van der Waals surface area contributed by atoms with Gasteiger partial charge in [0.25, 0.3) is 0 Å². The molecular weight excluding hydrogens is 307 g/mol. The number of hydrogen-bond donors (Lipinski definition) is 1. The summed E-state index contributed by atoms with van der Waals surface area (Å²) in [7, 11) is 0. The van der Waals surface area contributed by atoms with Crippen LogP contribution in [0.3, 0.4) is 0 Å². The molecule has 0 radical (unpaired) electrons. The summed E-state index contributed by atoms with van der Waals surface area (Å²) in [6, 6.07) is 5.93. The molecule has 0 aromatic heterocycles. The summed E-state index contributed by atoms with van der Waals surface area (Å²) < 4.78 is 18.3. The maximum atomic E-state index is 13.3. The monoisotopic (exact) mass is 320 g/mol. The molecule has 1 aromatic rings. The lowest BCUT2D eigenvalue weighted by atomic mass is 9.82. The number of dihydropyridines is 1. The Labute approximate surface area is 132 Å². The van der Waals surface area contributed by atoms with E-state index >= 15 is 0 Å². The van der Waals surface area contributed by atoms with Crippen LogP contribution in [-0.2, 0) is 9.53 Å². The van der Waals surface area contributed by atoms with Crippen LogP contribution in [0.15, 0.2) is 41.2 Å². The van der Waals surface area contributed by atoms with Crippen molar-refractivity contribution in [3.05, 3.63) is 57.6 Å². The number of nitriles is 1. The van der Waals surface area contributed by atoms with Crippen molar-refractivity contribution in [2.75, 3.05) is 6.61 Å². The van der Waals surface area contributed by atoms with Gasteiger partial charge in [-0.1, -0.05) is 17.7 Å². The second-order valence-corrected chi connectivity index (χ2v) is 5.12. The van der Waals surface area contributed by atoms with Crippen LogP contribution < -0.4 is 5.32 Å². The van der Waals surface area contributed by atoms with Gasteiger partial charge in [-0.3, -0.25) is 0 Å². The van der Waals surface area contributed by atoms with E-state index in [0.29, 0.717) is 22.4 Å². The van der Waals surface area contributed by atoms with Gasteiger partial charge in [0.1, 0.15) is 5.82 Å². The Hall–Kier alpha value is -2.32. The Morgan fingerprint density at radius 1 is 1.55 bits per heavy atom. The zero-order valence-electron chi connectivity index (χ0n) is 12.1. The maximum Gasteiger partial charge on any atom is 0.336 e. The first kappa shape index (κ1) is 16.1. The minimum atomic E-state index is -0.682. The highest BCUT2D eigenvalue weighted by Gasteiger charge is 2.33. The van der Waals surface area contributed by atoms with Crippen molar-refractivity contribution in [1.29, 1.82) is 5.26 Å². The quantitative estimate of drug-likeness (QED) is 0.867. The molecule has 1 aliphatic rings. The van der Waals surface area contributed by atoms with E-state index in [2.05, 4.69) is 5.32 Å². The Balaban J connectivity index is 2.59. The molecule has 2 rings (SSSR count). The van der Waals surface area contributed by atoms with Crippen LogP contribution >= 0.6 is 11.6 Å². The first-order valence-corrected chi connectivity index (χ1v) is 7.06. The lowest BCUT2D eigenvalue weighted by Gasteiger charge is -2.26. The molecule has 6 heteroatoms. The van der Waals surface area contributed by atoms with E-state index in [0.717, 1.165) is 6.07 Å². The van der Waals surface area contributed by atoms with Crippen molar-refractivity contribution in [2.45, 2.75) is 19.8 Å². The number of allylic oxidation sites excluding steroid dienone is 2. The number of nitrogens with zero attached hydrogens (tertiary/aromatic N) is 1. The summed E-state index contributed by atoms with van der Waals surface area (Å²) in [6.45, 7) is 3.62. The molecular formula is C16H14ClFN2O2. The van der Waals surface area contributed by atoms with Gasteiger partial charge in [0, 0.05) is 16.9 Å². The Bertz CT molecular complexity index is 719. The van der Waals surface area contributed by atoms with Crippen molar-refractivity contribution >= 4 is 17.6 Å². The number of ether oxygens (including phenoxy) is 1. The number of rotatable bonds is 3. The summed E-state index contributed by atoms with van der Waals surface area (Å²) >= 11 is 6.11. The summed E-state index contributed by atoms with van der Waals surface area (Å²) in [5, 5.41) is 12.4. The normalized spacial score (nSPS) is 17.4. The van der Waals surface area contributed by atoms with E-state index in [1.54, 1.807) is 13.8 Å². The summed E-state index contributed by atoms with van der Waals surface area (Å²) in [5.41, 5.74) is 1.67. The van der Waals surface area contributed by atoms with Gasteiger partial charge in [-0.15, -0.1) is 0 Å². The van der Waals surface area contributed by atoms with E-state index in [1.807, 2.05) is 6.07 Å². The molecule has 0 amide bonds. The molecule has 0 spiro atoms. The number of carbonyl (C=O) groups excluding carboxylic acids is 1. The Morgan fingerprint density at radius 3 is 2.86 bits per heavy atom. The molecule has 0 aliphatic carbocycles. The number of nitrogens with one attached hydrogen (secondary N) is 1. The molecule has 22 heavy (non-hydrogen) atoms. The summed E-state index contributed by atoms with van der Waals surface area (Å²) in [6.07, 6.45) is 1.52. The SMILES string of the molecule is CCOC(=O)C1=C(C)NC=C(C#N)C1c1ccc(F)cc1Cl. The van der Waals surface area contributed by atoms with Crippen molar-refractivity contribution < 1.29 is 13.9 Å². The van der Waals surface area contributed by atoms with Gasteiger partial charge < -0.3 is 10.1 Å². The molecule has 0 fully saturated rings. The predicted octanol–water partition coefficient (Wildman–Crippen LogP) is 3.41. The molecule has 1 aliphatic heterocycles. The van der Waals surface area contributed by atoms with Gasteiger partial charge in [-0.25, -0.2) is 9.18 Å². The lowest BCUT2D eigenvalue weighted by molar-refractivity contribution is -0.138. The van der Waals surface area contributed by atoms with Crippen molar-refractivity contribution in [1.82, 2.24) is 5.32 Å². The fraction of sp³-hybridized carbons (Fsp3) is 0.250. The standard InChI is InChI=1S/C16H14ClFN2O2/c1-3-22-16(21)14-9(2)20-8-10(7-19)15(14)12-5-4-11(18)6-13(12)17/h4-6,8,15,20H,3H2,1-2H3. The highest BCUT2D eigenvalue weighted by Crippen LogP contribution is 2.39. The van der Waals surface area contributed by atoms with E-state index in [4.69, 9.17) is 16.3 Å². The van der Waals surface area contributed by atoms with Gasteiger partial charge in [0.15, 0.2) is 0 Å². The number of esters is 1. The maximum absolute atomic E-state index is 13.3. The third-order valence-electron chi connectivity index (χ3n) is 3.35. The molecule has 1 atom stereocenters. The summed E-state index contributed by atoms with van der Waals surface area (Å²) in [5.74, 6) is -1.69. The minimum Gasteiger partial charge on any atom is -0.463 e. The summed E-state index contributed by atoms with van der Waals surface area (Å²) in [4.78, 5) is 12.3. The van der Waals surface area contributed by atoms with Crippen LogP contribution in [0.1, 0.15) is 25.3 Å². The largest absolute Gasteiger partial charge is 0.463 e.